The standard InChI is InChI=1S/C26H29FN3O4P/c1-15-13-30(6-7-33-15)24-12-23(31)20-9-16(26(32)28(2)3)8-17(25(20)34-24)14-29-5-4-19-21(27)10-18(35)11-22(19)29/h8-12,15H,4-7,13-14,35H2,1-3H3/t15-/m1/s1. The third kappa shape index (κ3) is 4.53. The largest absolute Gasteiger partial charge is 0.440 e. The van der Waals surface area contributed by atoms with E-state index in [0.717, 1.165) is 16.6 Å². The molecule has 3 aromatic rings. The van der Waals surface area contributed by atoms with Gasteiger partial charge in [-0.15, -0.1) is 9.24 Å². The van der Waals surface area contributed by atoms with Gasteiger partial charge in [-0.2, -0.15) is 0 Å². The number of amides is 1. The van der Waals surface area contributed by atoms with E-state index < -0.39 is 0 Å². The normalized spacial score (nSPS) is 17.7. The molecule has 35 heavy (non-hydrogen) atoms. The predicted octanol–water partition coefficient (Wildman–Crippen LogP) is 2.92. The Morgan fingerprint density at radius 2 is 2.00 bits per heavy atom. The molecule has 0 aliphatic carbocycles. The highest BCUT2D eigenvalue weighted by Gasteiger charge is 2.26. The van der Waals surface area contributed by atoms with E-state index in [2.05, 4.69) is 14.1 Å². The molecule has 2 aliphatic rings. The summed E-state index contributed by atoms with van der Waals surface area (Å²) in [6, 6.07) is 8.36. The van der Waals surface area contributed by atoms with E-state index in [1.165, 1.54) is 17.0 Å². The number of anilines is 2. The van der Waals surface area contributed by atoms with Crippen molar-refractivity contribution in [2.75, 3.05) is 50.1 Å². The first kappa shape index (κ1) is 23.8. The summed E-state index contributed by atoms with van der Waals surface area (Å²) in [5.74, 6) is 0.0797. The van der Waals surface area contributed by atoms with E-state index in [1.807, 2.05) is 17.9 Å². The topological polar surface area (TPSA) is 66.2 Å². The number of halogens is 1. The van der Waals surface area contributed by atoms with Crippen LogP contribution in [0.1, 0.15) is 28.4 Å². The number of hydrogen-bond acceptors (Lipinski definition) is 6. The van der Waals surface area contributed by atoms with Gasteiger partial charge in [-0.05, 0) is 42.9 Å². The lowest BCUT2D eigenvalue weighted by Crippen LogP contribution is -2.41. The summed E-state index contributed by atoms with van der Waals surface area (Å²) in [4.78, 5) is 31.6. The van der Waals surface area contributed by atoms with Crippen LogP contribution in [0, 0.1) is 5.82 Å². The van der Waals surface area contributed by atoms with Crippen molar-refractivity contribution < 1.29 is 18.3 Å². The van der Waals surface area contributed by atoms with Gasteiger partial charge in [0.15, 0.2) is 11.3 Å². The maximum absolute atomic E-state index is 14.6. The van der Waals surface area contributed by atoms with Crippen LogP contribution in [0.2, 0.25) is 0 Å². The van der Waals surface area contributed by atoms with E-state index in [1.54, 1.807) is 26.2 Å². The van der Waals surface area contributed by atoms with Gasteiger partial charge in [0.25, 0.3) is 5.91 Å². The van der Waals surface area contributed by atoms with Crippen molar-refractivity contribution in [3.8, 4) is 0 Å². The van der Waals surface area contributed by atoms with Crippen molar-refractivity contribution >= 4 is 43.0 Å². The molecule has 9 heteroatoms. The van der Waals surface area contributed by atoms with Crippen molar-refractivity contribution in [1.29, 1.82) is 0 Å². The summed E-state index contributed by atoms with van der Waals surface area (Å²) in [7, 11) is 5.90. The third-order valence-electron chi connectivity index (χ3n) is 6.63. The van der Waals surface area contributed by atoms with Gasteiger partial charge in [-0.25, -0.2) is 4.39 Å². The molecule has 1 unspecified atom stereocenters. The Labute approximate surface area is 205 Å². The minimum absolute atomic E-state index is 0.0291. The monoisotopic (exact) mass is 497 g/mol. The lowest BCUT2D eigenvalue weighted by molar-refractivity contribution is 0.0517. The second-order valence-corrected chi connectivity index (χ2v) is 10.1. The highest BCUT2D eigenvalue weighted by atomic mass is 31.0. The average Bonchev–Trinajstić information content (AvgIpc) is 3.21. The van der Waals surface area contributed by atoms with Gasteiger partial charge >= 0.3 is 0 Å². The Hall–Kier alpha value is -2.96. The average molecular weight is 498 g/mol. The number of benzene rings is 2. The van der Waals surface area contributed by atoms with Gasteiger partial charge in [-0.1, -0.05) is 0 Å². The SMILES string of the molecule is C[C@@H]1CN(c2cc(=O)c3cc(C(=O)N(C)C)cc(CN4CCc5c(F)cc(P)cc54)c3o2)CCO1. The minimum atomic E-state index is -0.216. The molecule has 0 saturated carbocycles. The highest BCUT2D eigenvalue weighted by molar-refractivity contribution is 7.27. The summed E-state index contributed by atoms with van der Waals surface area (Å²) in [5, 5.41) is 1.13. The number of morpholine rings is 1. The maximum atomic E-state index is 14.6. The van der Waals surface area contributed by atoms with Crippen LogP contribution >= 0.6 is 9.24 Å². The zero-order valence-corrected chi connectivity index (χ0v) is 21.3. The number of carbonyl (C=O) groups excluding carboxylic acids is 1. The predicted molar refractivity (Wildman–Crippen MR) is 139 cm³/mol. The van der Waals surface area contributed by atoms with Crippen LogP contribution in [-0.4, -0.2) is 57.2 Å². The summed E-state index contributed by atoms with van der Waals surface area (Å²) in [6.07, 6.45) is 0.628. The fraction of sp³-hybridized carbons (Fsp3) is 0.385. The molecule has 3 heterocycles. The Kier molecular flexibility index (Phi) is 6.28. The summed E-state index contributed by atoms with van der Waals surface area (Å²) in [6.45, 7) is 4.81. The van der Waals surface area contributed by atoms with Crippen molar-refractivity contribution in [3.63, 3.8) is 0 Å². The van der Waals surface area contributed by atoms with Crippen molar-refractivity contribution in [2.45, 2.75) is 26.0 Å². The number of nitrogens with zero attached hydrogens (tertiary/aromatic N) is 3. The van der Waals surface area contributed by atoms with Crippen molar-refractivity contribution in [3.05, 3.63) is 63.1 Å². The molecule has 1 amide bonds. The first-order chi connectivity index (χ1) is 16.7. The van der Waals surface area contributed by atoms with Gasteiger partial charge in [-0.3, -0.25) is 9.59 Å². The van der Waals surface area contributed by atoms with Gasteiger partial charge in [0.1, 0.15) is 11.4 Å². The van der Waals surface area contributed by atoms with Crippen molar-refractivity contribution in [2.24, 2.45) is 0 Å². The van der Waals surface area contributed by atoms with Gasteiger partial charge in [0, 0.05) is 68.7 Å². The molecule has 0 spiro atoms. The number of ether oxygens (including phenoxy) is 1. The Morgan fingerprint density at radius 1 is 1.20 bits per heavy atom. The lowest BCUT2D eigenvalue weighted by atomic mass is 10.0. The molecule has 0 N–H and O–H groups in total. The van der Waals surface area contributed by atoms with E-state index in [-0.39, 0.29) is 23.3 Å². The second-order valence-electron chi connectivity index (χ2n) is 9.46. The molecule has 2 aromatic carbocycles. The van der Waals surface area contributed by atoms with E-state index in [4.69, 9.17) is 9.15 Å². The highest BCUT2D eigenvalue weighted by Crippen LogP contribution is 2.33. The first-order valence-corrected chi connectivity index (χ1v) is 12.3. The van der Waals surface area contributed by atoms with Crippen LogP contribution in [0.25, 0.3) is 11.0 Å². The molecule has 1 saturated heterocycles. The van der Waals surface area contributed by atoms with Gasteiger partial charge in [0.2, 0.25) is 0 Å². The third-order valence-corrected chi connectivity index (χ3v) is 6.96. The molecule has 184 valence electrons. The Bertz CT molecular complexity index is 1370. The Balaban J connectivity index is 1.63. The quantitative estimate of drug-likeness (QED) is 0.517. The van der Waals surface area contributed by atoms with E-state index >= 15 is 0 Å². The van der Waals surface area contributed by atoms with E-state index in [0.29, 0.717) is 67.2 Å². The molecular weight excluding hydrogens is 468 g/mol. The molecule has 1 fully saturated rings. The van der Waals surface area contributed by atoms with Crippen LogP contribution in [-0.2, 0) is 17.7 Å². The number of hydrogen-bond donors (Lipinski definition) is 0. The molecule has 5 rings (SSSR count). The first-order valence-electron chi connectivity index (χ1n) is 11.7. The summed E-state index contributed by atoms with van der Waals surface area (Å²) >= 11 is 0. The summed E-state index contributed by atoms with van der Waals surface area (Å²) in [5.41, 5.74) is 2.91. The fourth-order valence-corrected chi connectivity index (χ4v) is 5.20. The van der Waals surface area contributed by atoms with E-state index in [9.17, 15) is 14.0 Å². The van der Waals surface area contributed by atoms with Gasteiger partial charge in [0.05, 0.1) is 18.1 Å². The number of carbonyl (C=O) groups is 1. The number of rotatable bonds is 4. The zero-order chi connectivity index (χ0) is 24.9. The fourth-order valence-electron chi connectivity index (χ4n) is 4.90. The molecule has 0 bridgehead atoms. The van der Waals surface area contributed by atoms with Crippen molar-refractivity contribution in [1.82, 2.24) is 4.90 Å². The molecular formula is C26H29FN3O4P. The molecule has 1 aromatic heterocycles. The Morgan fingerprint density at radius 3 is 2.74 bits per heavy atom. The van der Waals surface area contributed by atoms with Crippen LogP contribution in [0.5, 0.6) is 0 Å². The lowest BCUT2D eigenvalue weighted by Gasteiger charge is -2.31. The summed E-state index contributed by atoms with van der Waals surface area (Å²) < 4.78 is 26.5. The van der Waals surface area contributed by atoms with Crippen LogP contribution < -0.4 is 20.5 Å². The minimum Gasteiger partial charge on any atom is -0.440 e. The molecule has 2 aliphatic heterocycles. The van der Waals surface area contributed by atoms with Gasteiger partial charge < -0.3 is 23.9 Å². The molecule has 0 radical (unpaired) electrons. The molecule has 2 atom stereocenters. The van der Waals surface area contributed by atoms with Crippen LogP contribution in [0.15, 0.2) is 39.5 Å². The number of fused-ring (bicyclic) bond motifs is 2. The smallest absolute Gasteiger partial charge is 0.253 e. The molecule has 7 nitrogen and oxygen atoms in total. The van der Waals surface area contributed by atoms with Crippen LogP contribution in [0.3, 0.4) is 0 Å². The van der Waals surface area contributed by atoms with Crippen LogP contribution in [0.4, 0.5) is 16.0 Å². The second kappa shape index (κ2) is 9.25. The zero-order valence-electron chi connectivity index (χ0n) is 20.1. The maximum Gasteiger partial charge on any atom is 0.253 e.